The van der Waals surface area contributed by atoms with Gasteiger partial charge in [-0.15, -0.1) is 0 Å². The Morgan fingerprint density at radius 3 is 2.23 bits per heavy atom. The summed E-state index contributed by atoms with van der Waals surface area (Å²) in [6, 6.07) is 8.49. The van der Waals surface area contributed by atoms with Crippen molar-refractivity contribution in [2.75, 3.05) is 12.3 Å². The maximum atomic E-state index is 13.0. The highest BCUT2D eigenvalue weighted by Gasteiger charge is 2.32. The molecule has 0 spiro atoms. The molecule has 4 rings (SSSR count). The van der Waals surface area contributed by atoms with Gasteiger partial charge < -0.3 is 25.1 Å². The molecule has 7 N–H and O–H groups in total. The second-order valence-electron chi connectivity index (χ2n) is 11.0. The summed E-state index contributed by atoms with van der Waals surface area (Å²) >= 11 is 0. The van der Waals surface area contributed by atoms with E-state index in [0.29, 0.717) is 6.54 Å². The number of hydrogen-bond acceptors (Lipinski definition) is 9. The molecule has 15 heteroatoms. The number of aromatic carboxylic acids is 1. The first-order chi connectivity index (χ1) is 19.8. The Morgan fingerprint density at radius 2 is 1.67 bits per heavy atom. The SMILES string of the molecule is CC(C)C(C)(C)CNC(=O)c1ccc(-c2c3ccc(=[NH2+])c(S(=O)(=O)O)c-3oc3c(S(=O)(=O)[O-])c(N)ccc23)c(C(=O)O)c1. The van der Waals surface area contributed by atoms with Crippen LogP contribution in [0.4, 0.5) is 5.69 Å². The molecule has 0 fully saturated rings. The number of carboxylic acid groups (broad SMARTS) is 1. The Balaban J connectivity index is 2.10. The van der Waals surface area contributed by atoms with E-state index in [0.717, 1.165) is 18.2 Å². The van der Waals surface area contributed by atoms with E-state index in [9.17, 15) is 40.6 Å². The summed E-state index contributed by atoms with van der Waals surface area (Å²) in [5.74, 6) is -2.45. The van der Waals surface area contributed by atoms with Crippen molar-refractivity contribution in [2.45, 2.75) is 37.5 Å². The second-order valence-corrected chi connectivity index (χ2v) is 13.7. The van der Waals surface area contributed by atoms with E-state index in [2.05, 4.69) is 5.32 Å². The van der Waals surface area contributed by atoms with E-state index in [-0.39, 0.29) is 39.0 Å². The fourth-order valence-corrected chi connectivity index (χ4v) is 6.00. The zero-order valence-corrected chi connectivity index (χ0v) is 25.1. The summed E-state index contributed by atoms with van der Waals surface area (Å²) in [6.45, 7) is 8.25. The third-order valence-corrected chi connectivity index (χ3v) is 9.44. The fraction of sp³-hybridized carbons (Fsp3) is 0.250. The van der Waals surface area contributed by atoms with Crippen LogP contribution in [0.3, 0.4) is 0 Å². The van der Waals surface area contributed by atoms with Crippen LogP contribution >= 0.6 is 0 Å². The highest BCUT2D eigenvalue weighted by atomic mass is 32.2. The minimum Gasteiger partial charge on any atom is -0.744 e. The molecule has 0 aromatic heterocycles. The topological polar surface area (TPSA) is 243 Å². The number of amides is 1. The van der Waals surface area contributed by atoms with Gasteiger partial charge in [0.05, 0.1) is 11.3 Å². The van der Waals surface area contributed by atoms with Crippen molar-refractivity contribution < 1.29 is 50.5 Å². The van der Waals surface area contributed by atoms with Gasteiger partial charge in [-0.1, -0.05) is 33.8 Å². The largest absolute Gasteiger partial charge is 0.744 e. The first-order valence-electron chi connectivity index (χ1n) is 12.8. The van der Waals surface area contributed by atoms with Gasteiger partial charge in [-0.2, -0.15) is 8.42 Å². The number of hydrogen-bond donors (Lipinski definition) is 5. The minimum absolute atomic E-state index is 0.00451. The van der Waals surface area contributed by atoms with Crippen molar-refractivity contribution in [1.29, 1.82) is 0 Å². The molecule has 0 unspecified atom stereocenters. The van der Waals surface area contributed by atoms with Gasteiger partial charge in [0.1, 0.15) is 15.0 Å². The molecule has 2 aliphatic rings. The molecule has 0 bridgehead atoms. The summed E-state index contributed by atoms with van der Waals surface area (Å²) in [7, 11) is -10.4. The van der Waals surface area contributed by atoms with Crippen LogP contribution in [0.15, 0.2) is 56.7 Å². The van der Waals surface area contributed by atoms with Gasteiger partial charge in [0.15, 0.2) is 11.3 Å². The van der Waals surface area contributed by atoms with Crippen molar-refractivity contribution in [3.63, 3.8) is 0 Å². The molecule has 1 aliphatic carbocycles. The van der Waals surface area contributed by atoms with Gasteiger partial charge in [0.2, 0.25) is 10.3 Å². The number of anilines is 1. The fourth-order valence-electron chi connectivity index (χ4n) is 4.51. The van der Waals surface area contributed by atoms with Crippen LogP contribution in [0.5, 0.6) is 0 Å². The van der Waals surface area contributed by atoms with Crippen LogP contribution in [0.2, 0.25) is 0 Å². The zero-order valence-electron chi connectivity index (χ0n) is 23.5. The van der Waals surface area contributed by atoms with Crippen molar-refractivity contribution in [1.82, 2.24) is 5.32 Å². The van der Waals surface area contributed by atoms with Crippen LogP contribution < -0.4 is 21.8 Å². The Kier molecular flexibility index (Phi) is 7.91. The first kappa shape index (κ1) is 31.6. The minimum atomic E-state index is -5.34. The number of carboxylic acids is 1. The maximum absolute atomic E-state index is 13.0. The molecule has 0 atom stereocenters. The molecule has 0 radical (unpaired) electrons. The highest BCUT2D eigenvalue weighted by Crippen LogP contribution is 2.45. The normalized spacial score (nSPS) is 12.6. The molecular formula is C28H29N3O10S2. The highest BCUT2D eigenvalue weighted by molar-refractivity contribution is 7.86. The zero-order chi connectivity index (χ0) is 32.2. The predicted molar refractivity (Wildman–Crippen MR) is 153 cm³/mol. The Bertz CT molecular complexity index is 2060. The number of rotatable bonds is 8. The van der Waals surface area contributed by atoms with Crippen molar-refractivity contribution >= 4 is 48.8 Å². The van der Waals surface area contributed by atoms with Crippen molar-refractivity contribution in [3.8, 4) is 22.5 Å². The van der Waals surface area contributed by atoms with E-state index >= 15 is 0 Å². The van der Waals surface area contributed by atoms with Gasteiger partial charge in [-0.25, -0.2) is 13.2 Å². The standard InChI is InChI=1S/C28H29N3O10S2/c1-13(2)28(3,4)12-31-26(32)14-5-6-15(18(11-14)27(33)34)21-16-7-9-19(29)24(42(35,36)37)22(16)41-23-17(21)8-10-20(30)25(23)43(38,39)40/h5-11,13,29H,12,30H2,1-4H3,(H,31,32)(H,33,34)(H,35,36,37)(H,38,39,40). The molecule has 228 valence electrons. The Labute approximate surface area is 246 Å². The van der Waals surface area contributed by atoms with Crippen LogP contribution in [0.25, 0.3) is 33.4 Å². The molecule has 2 aromatic rings. The van der Waals surface area contributed by atoms with Gasteiger partial charge >= 0.3 is 16.1 Å². The number of nitrogen functional groups attached to an aromatic ring is 1. The number of carbonyl (C=O) groups excluding carboxylic acids is 1. The number of carbonyl (C=O) groups is 2. The molecule has 1 aliphatic heterocycles. The summed E-state index contributed by atoms with van der Waals surface area (Å²) in [4.78, 5) is 23.6. The number of fused-ring (bicyclic) bond motifs is 2. The van der Waals surface area contributed by atoms with Gasteiger partial charge in [0, 0.05) is 34.7 Å². The van der Waals surface area contributed by atoms with Gasteiger partial charge in [-0.05, 0) is 47.2 Å². The smallest absolute Gasteiger partial charge is 0.336 e. The number of benzene rings is 3. The third kappa shape index (κ3) is 5.84. The molecule has 0 saturated heterocycles. The lowest BCUT2D eigenvalue weighted by Gasteiger charge is -2.29. The third-order valence-electron chi connectivity index (χ3n) is 7.58. The van der Waals surface area contributed by atoms with E-state index in [1.807, 2.05) is 27.7 Å². The molecule has 0 saturated carbocycles. The maximum Gasteiger partial charge on any atom is 0.336 e. The quantitative estimate of drug-likeness (QED) is 0.106. The van der Waals surface area contributed by atoms with Crippen LogP contribution in [-0.4, -0.2) is 49.5 Å². The van der Waals surface area contributed by atoms with Crippen LogP contribution in [0.1, 0.15) is 48.4 Å². The average molecular weight is 632 g/mol. The molecule has 13 nitrogen and oxygen atoms in total. The molecule has 2 aromatic carbocycles. The van der Waals surface area contributed by atoms with E-state index in [4.69, 9.17) is 15.6 Å². The molecule has 1 heterocycles. The van der Waals surface area contributed by atoms with Gasteiger partial charge in [0.25, 0.3) is 5.91 Å². The summed E-state index contributed by atoms with van der Waals surface area (Å²) < 4.78 is 77.0. The second kappa shape index (κ2) is 10.8. The first-order valence-corrected chi connectivity index (χ1v) is 15.6. The Morgan fingerprint density at radius 1 is 1.05 bits per heavy atom. The Hall–Kier alpha value is -4.31. The lowest BCUT2D eigenvalue weighted by atomic mass is 9.81. The monoisotopic (exact) mass is 631 g/mol. The summed E-state index contributed by atoms with van der Waals surface area (Å²) in [5, 5.41) is 18.2. The lowest BCUT2D eigenvalue weighted by molar-refractivity contribution is -0.176. The predicted octanol–water partition coefficient (Wildman–Crippen LogP) is 1.71. The molecule has 1 amide bonds. The number of nitrogens with two attached hydrogens (primary N) is 2. The van der Waals surface area contributed by atoms with E-state index in [1.165, 1.54) is 24.3 Å². The van der Waals surface area contributed by atoms with E-state index in [1.54, 1.807) is 0 Å². The number of nitrogens with one attached hydrogen (secondary N) is 1. The molecular weight excluding hydrogens is 602 g/mol. The average Bonchev–Trinajstić information content (AvgIpc) is 2.88. The van der Waals surface area contributed by atoms with E-state index < -0.39 is 69.9 Å². The van der Waals surface area contributed by atoms with Crippen LogP contribution in [0, 0.1) is 11.3 Å². The summed E-state index contributed by atoms with van der Waals surface area (Å²) in [6.07, 6.45) is 0. The molecule has 43 heavy (non-hydrogen) atoms. The lowest BCUT2D eigenvalue weighted by Crippen LogP contribution is -2.47. The van der Waals surface area contributed by atoms with Crippen LogP contribution in [-0.2, 0) is 20.2 Å². The van der Waals surface area contributed by atoms with Crippen molar-refractivity contribution in [2.24, 2.45) is 11.3 Å². The van der Waals surface area contributed by atoms with Gasteiger partial charge in [-0.3, -0.25) is 14.8 Å². The summed E-state index contributed by atoms with van der Waals surface area (Å²) in [5.41, 5.74) is 3.62. The van der Waals surface area contributed by atoms with Crippen molar-refractivity contribution in [3.05, 3.63) is 58.9 Å².